The summed E-state index contributed by atoms with van der Waals surface area (Å²) < 4.78 is 17.7. The number of benzene rings is 3. The third kappa shape index (κ3) is 2.51. The van der Waals surface area contributed by atoms with Gasteiger partial charge in [-0.25, -0.2) is 0 Å². The van der Waals surface area contributed by atoms with E-state index in [2.05, 4.69) is 4.90 Å². The molecule has 5 nitrogen and oxygen atoms in total. The van der Waals surface area contributed by atoms with E-state index in [0.717, 1.165) is 22.6 Å². The first-order valence-corrected chi connectivity index (χ1v) is 9.54. The highest BCUT2D eigenvalue weighted by Gasteiger charge is 2.62. The summed E-state index contributed by atoms with van der Waals surface area (Å²) in [5.74, 6) is -0.459. The number of fused-ring (bicyclic) bond motifs is 4. The lowest BCUT2D eigenvalue weighted by Crippen LogP contribution is -2.46. The molecule has 146 valence electrons. The van der Waals surface area contributed by atoms with Gasteiger partial charge in [-0.05, 0) is 29.8 Å². The zero-order valence-corrected chi connectivity index (χ0v) is 16.2. The van der Waals surface area contributed by atoms with Crippen molar-refractivity contribution in [3.63, 3.8) is 0 Å². The highest BCUT2D eigenvalue weighted by Crippen LogP contribution is 2.54. The van der Waals surface area contributed by atoms with Gasteiger partial charge in [0.05, 0.1) is 13.2 Å². The maximum absolute atomic E-state index is 13.4. The molecule has 5 rings (SSSR count). The molecule has 2 aliphatic heterocycles. The van der Waals surface area contributed by atoms with Crippen LogP contribution in [0.3, 0.4) is 0 Å². The molecule has 2 aliphatic rings. The van der Waals surface area contributed by atoms with Crippen molar-refractivity contribution >= 4 is 11.5 Å². The van der Waals surface area contributed by atoms with Gasteiger partial charge in [0.15, 0.2) is 11.9 Å². The van der Waals surface area contributed by atoms with Crippen LogP contribution in [0.25, 0.3) is 0 Å². The lowest BCUT2D eigenvalue weighted by Gasteiger charge is -2.40. The van der Waals surface area contributed by atoms with Gasteiger partial charge >= 0.3 is 0 Å². The topological polar surface area (TPSA) is 48.0 Å². The molecule has 0 aromatic heterocycles. The molecule has 3 aromatic carbocycles. The second-order valence-electron chi connectivity index (χ2n) is 7.16. The van der Waals surface area contributed by atoms with Crippen molar-refractivity contribution in [2.24, 2.45) is 0 Å². The normalized spacial score (nSPS) is 25.0. The third-order valence-electron chi connectivity index (χ3n) is 5.73. The smallest absolute Gasteiger partial charge is 0.282 e. The predicted octanol–water partition coefficient (Wildman–Crippen LogP) is 4.29. The van der Waals surface area contributed by atoms with Crippen LogP contribution in [0.4, 0.5) is 5.69 Å². The maximum Gasteiger partial charge on any atom is 0.282 e. The zero-order chi connectivity index (χ0) is 20.0. The quantitative estimate of drug-likeness (QED) is 0.668. The van der Waals surface area contributed by atoms with E-state index >= 15 is 0 Å². The maximum atomic E-state index is 13.4. The molecule has 0 saturated carbocycles. The first-order chi connectivity index (χ1) is 14.2. The first-order valence-electron chi connectivity index (χ1n) is 9.54. The Morgan fingerprint density at radius 3 is 2.28 bits per heavy atom. The summed E-state index contributed by atoms with van der Waals surface area (Å²) in [6.45, 7) is 0. The van der Waals surface area contributed by atoms with Gasteiger partial charge in [0.1, 0.15) is 5.75 Å². The van der Waals surface area contributed by atoms with E-state index < -0.39 is 12.0 Å². The Morgan fingerprint density at radius 1 is 0.897 bits per heavy atom. The number of carbonyl (C=O) groups excluding carboxylic acids is 1. The summed E-state index contributed by atoms with van der Waals surface area (Å²) in [7, 11) is 3.26. The van der Waals surface area contributed by atoms with Gasteiger partial charge in [0.2, 0.25) is 0 Å². The van der Waals surface area contributed by atoms with Crippen molar-refractivity contribution in [1.82, 2.24) is 0 Å². The fraction of sp³-hybridized carbons (Fsp3) is 0.208. The standard InChI is InChI=1S/C24H21NO4/c1-27-18-14-12-17(13-15-18)25-21(16-8-4-3-5-9-16)23-22(26)19-10-6-7-11-20(19)24(25,28-2)29-23/h3-15,21,23H,1-2H3/t21-,23+,24+/m0/s1. The number of ether oxygens (including phenoxy) is 3. The third-order valence-corrected chi connectivity index (χ3v) is 5.73. The van der Waals surface area contributed by atoms with Crippen molar-refractivity contribution < 1.29 is 19.0 Å². The molecule has 2 bridgehead atoms. The van der Waals surface area contributed by atoms with Crippen molar-refractivity contribution in [2.75, 3.05) is 19.1 Å². The first kappa shape index (κ1) is 17.9. The van der Waals surface area contributed by atoms with Crippen LogP contribution in [0.5, 0.6) is 5.75 Å². The fourth-order valence-electron chi connectivity index (χ4n) is 4.43. The van der Waals surface area contributed by atoms with E-state index in [-0.39, 0.29) is 11.8 Å². The molecule has 3 atom stereocenters. The Morgan fingerprint density at radius 2 is 1.59 bits per heavy atom. The molecule has 0 amide bonds. The molecular weight excluding hydrogens is 366 g/mol. The number of hydrogen-bond donors (Lipinski definition) is 0. The number of ketones is 1. The van der Waals surface area contributed by atoms with Gasteiger partial charge in [0.25, 0.3) is 5.91 Å². The minimum Gasteiger partial charge on any atom is -0.497 e. The van der Waals surface area contributed by atoms with Crippen molar-refractivity contribution in [2.45, 2.75) is 18.1 Å². The lowest BCUT2D eigenvalue weighted by atomic mass is 9.93. The number of rotatable bonds is 4. The van der Waals surface area contributed by atoms with E-state index in [1.807, 2.05) is 78.9 Å². The second-order valence-corrected chi connectivity index (χ2v) is 7.16. The van der Waals surface area contributed by atoms with Gasteiger partial charge in [-0.3, -0.25) is 4.79 Å². The summed E-state index contributed by atoms with van der Waals surface area (Å²) in [4.78, 5) is 15.4. The van der Waals surface area contributed by atoms with Gasteiger partial charge in [-0.2, -0.15) is 0 Å². The van der Waals surface area contributed by atoms with E-state index in [0.29, 0.717) is 5.56 Å². The Kier molecular flexibility index (Phi) is 4.15. The zero-order valence-electron chi connectivity index (χ0n) is 16.2. The van der Waals surface area contributed by atoms with Crippen LogP contribution >= 0.6 is 0 Å². The van der Waals surface area contributed by atoms with E-state index in [1.165, 1.54) is 0 Å². The van der Waals surface area contributed by atoms with Crippen molar-refractivity contribution in [3.05, 3.63) is 95.6 Å². The number of nitrogens with zero attached hydrogens (tertiary/aromatic N) is 1. The van der Waals surface area contributed by atoms with Gasteiger partial charge in [-0.1, -0.05) is 54.6 Å². The highest BCUT2D eigenvalue weighted by atomic mass is 16.7. The van der Waals surface area contributed by atoms with Gasteiger partial charge < -0.3 is 19.1 Å². The summed E-state index contributed by atoms with van der Waals surface area (Å²) in [5.41, 5.74) is 3.24. The fourth-order valence-corrected chi connectivity index (χ4v) is 4.43. The van der Waals surface area contributed by atoms with E-state index in [9.17, 15) is 4.79 Å². The number of carbonyl (C=O) groups is 1. The molecule has 0 radical (unpaired) electrons. The molecule has 0 unspecified atom stereocenters. The SMILES string of the molecule is COc1ccc(N2[C@@H](c3ccccc3)[C@H]3O[C@]2(OC)c2ccccc2C3=O)cc1. The molecule has 0 spiro atoms. The molecule has 29 heavy (non-hydrogen) atoms. The summed E-state index contributed by atoms with van der Waals surface area (Å²) in [6, 6.07) is 24.9. The van der Waals surface area contributed by atoms with Crippen LogP contribution in [0.15, 0.2) is 78.9 Å². The molecule has 1 saturated heterocycles. The second kappa shape index (κ2) is 6.72. The Hall–Kier alpha value is -3.15. The Bertz CT molecular complexity index is 1050. The number of hydrogen-bond acceptors (Lipinski definition) is 5. The van der Waals surface area contributed by atoms with E-state index in [1.54, 1.807) is 14.2 Å². The average molecular weight is 387 g/mol. The van der Waals surface area contributed by atoms with Crippen LogP contribution in [-0.2, 0) is 15.4 Å². The number of Topliss-reactive ketones (excluding diaryl/α,β-unsaturated/α-hetero) is 1. The number of anilines is 1. The summed E-state index contributed by atoms with van der Waals surface area (Å²) in [5, 5.41) is 0. The predicted molar refractivity (Wildman–Crippen MR) is 109 cm³/mol. The largest absolute Gasteiger partial charge is 0.497 e. The van der Waals surface area contributed by atoms with Crippen LogP contribution < -0.4 is 9.64 Å². The molecule has 0 aliphatic carbocycles. The minimum absolute atomic E-state index is 0.0295. The Labute approximate surface area is 169 Å². The summed E-state index contributed by atoms with van der Waals surface area (Å²) in [6.07, 6.45) is -0.672. The lowest BCUT2D eigenvalue weighted by molar-refractivity contribution is -0.215. The molecule has 2 heterocycles. The molecular formula is C24H21NO4. The van der Waals surface area contributed by atoms with Gasteiger partial charge in [-0.15, -0.1) is 0 Å². The minimum atomic E-state index is -1.19. The number of methoxy groups -OCH3 is 2. The molecule has 1 fully saturated rings. The van der Waals surface area contributed by atoms with Crippen LogP contribution in [-0.4, -0.2) is 26.1 Å². The Balaban J connectivity index is 1.76. The monoisotopic (exact) mass is 387 g/mol. The van der Waals surface area contributed by atoms with Crippen LogP contribution in [0.2, 0.25) is 0 Å². The average Bonchev–Trinajstić information content (AvgIpc) is 3.11. The van der Waals surface area contributed by atoms with Crippen LogP contribution in [0, 0.1) is 0 Å². The highest BCUT2D eigenvalue weighted by molar-refractivity contribution is 6.04. The molecule has 0 N–H and O–H groups in total. The van der Waals surface area contributed by atoms with E-state index in [4.69, 9.17) is 14.2 Å². The molecule has 5 heteroatoms. The molecule has 3 aromatic rings. The summed E-state index contributed by atoms with van der Waals surface area (Å²) >= 11 is 0. The van der Waals surface area contributed by atoms with Crippen molar-refractivity contribution in [3.8, 4) is 5.75 Å². The van der Waals surface area contributed by atoms with Gasteiger partial charge in [0, 0.05) is 23.9 Å². The van der Waals surface area contributed by atoms with Crippen molar-refractivity contribution in [1.29, 1.82) is 0 Å². The van der Waals surface area contributed by atoms with Crippen LogP contribution in [0.1, 0.15) is 27.5 Å².